The number of carbonyl (C=O) groups is 1. The Labute approximate surface area is 154 Å². The summed E-state index contributed by atoms with van der Waals surface area (Å²) in [5.74, 6) is -0.191. The minimum Gasteiger partial charge on any atom is -0.393 e. The lowest BCUT2D eigenvalue weighted by molar-refractivity contribution is -0.130. The molecule has 3 aliphatic rings. The molecule has 1 N–H and O–H groups in total. The lowest BCUT2D eigenvalue weighted by atomic mass is 9.82. The zero-order chi connectivity index (χ0) is 18.6. The predicted molar refractivity (Wildman–Crippen MR) is 96.3 cm³/mol. The van der Waals surface area contributed by atoms with E-state index in [1.165, 1.54) is 23.5 Å². The molecule has 144 valence electrons. The van der Waals surface area contributed by atoms with Crippen molar-refractivity contribution in [2.75, 3.05) is 13.1 Å². The third kappa shape index (κ3) is 4.73. The molecule has 6 nitrogen and oxygen atoms in total. The molecule has 0 aromatic heterocycles. The van der Waals surface area contributed by atoms with Crippen molar-refractivity contribution in [3.63, 3.8) is 0 Å². The van der Waals surface area contributed by atoms with E-state index in [0.717, 1.165) is 38.5 Å². The monoisotopic (exact) mass is 364 g/mol. The molecule has 26 heavy (non-hydrogen) atoms. The first kappa shape index (κ1) is 19.1. The number of likely N-dealkylation sites (tertiary alicyclic amines) is 1. The number of nitrogens with zero attached hydrogens (tertiary/aromatic N) is 3. The van der Waals surface area contributed by atoms with Crippen LogP contribution in [0.15, 0.2) is 5.16 Å². The largest absolute Gasteiger partial charge is 0.393 e. The third-order valence-corrected chi connectivity index (χ3v) is 5.93. The summed E-state index contributed by atoms with van der Waals surface area (Å²) in [5, 5.41) is 16.7. The Hall–Kier alpha value is -1.68. The van der Waals surface area contributed by atoms with E-state index in [2.05, 4.69) is 17.4 Å². The Morgan fingerprint density at radius 1 is 1.42 bits per heavy atom. The molecule has 0 spiro atoms. The molecular formula is C19H29FN4O2. The molecule has 2 saturated carbocycles. The molecule has 7 heteroatoms. The maximum atomic E-state index is 13.5. The summed E-state index contributed by atoms with van der Waals surface area (Å²) >= 11 is 0. The van der Waals surface area contributed by atoms with Gasteiger partial charge in [0.25, 0.3) is 0 Å². The van der Waals surface area contributed by atoms with Gasteiger partial charge in [-0.05, 0) is 58.3 Å². The molecule has 0 aromatic carbocycles. The minimum absolute atomic E-state index is 0.0334. The van der Waals surface area contributed by atoms with Gasteiger partial charge in [-0.25, -0.2) is 4.39 Å². The molecule has 0 aromatic rings. The maximum absolute atomic E-state index is 13.5. The van der Waals surface area contributed by atoms with Crippen molar-refractivity contribution in [2.45, 2.75) is 88.6 Å². The number of oxime groups is 1. The maximum Gasteiger partial charge on any atom is 0.237 e. The smallest absolute Gasteiger partial charge is 0.237 e. The zero-order valence-corrected chi connectivity index (χ0v) is 15.5. The van der Waals surface area contributed by atoms with Crippen molar-refractivity contribution >= 4 is 11.6 Å². The molecule has 0 bridgehead atoms. The molecule has 3 fully saturated rings. The Bertz CT molecular complexity index is 573. The number of amides is 1. The fourth-order valence-electron chi connectivity index (χ4n) is 4.11. The summed E-state index contributed by atoms with van der Waals surface area (Å²) in [6.07, 6.45) is 7.38. The van der Waals surface area contributed by atoms with Gasteiger partial charge in [-0.2, -0.15) is 5.26 Å². The van der Waals surface area contributed by atoms with E-state index >= 15 is 0 Å². The second-order valence-electron chi connectivity index (χ2n) is 8.11. The molecule has 1 saturated heterocycles. The first-order chi connectivity index (χ1) is 12.5. The molecule has 1 aliphatic heterocycles. The molecular weight excluding hydrogens is 335 g/mol. The van der Waals surface area contributed by atoms with Gasteiger partial charge in [-0.3, -0.25) is 4.79 Å². The van der Waals surface area contributed by atoms with Crippen LogP contribution in [0.4, 0.5) is 4.39 Å². The summed E-state index contributed by atoms with van der Waals surface area (Å²) in [7, 11) is 0. The summed E-state index contributed by atoms with van der Waals surface area (Å²) in [4.78, 5) is 19.4. The number of nitrogens with one attached hydrogen (secondary N) is 1. The van der Waals surface area contributed by atoms with Gasteiger partial charge in [-0.15, -0.1) is 0 Å². The molecule has 1 amide bonds. The van der Waals surface area contributed by atoms with Gasteiger partial charge >= 0.3 is 0 Å². The van der Waals surface area contributed by atoms with Crippen molar-refractivity contribution in [3.8, 4) is 6.07 Å². The van der Waals surface area contributed by atoms with Crippen molar-refractivity contribution < 1.29 is 14.0 Å². The van der Waals surface area contributed by atoms with Gasteiger partial charge in [0.05, 0.1) is 24.9 Å². The van der Waals surface area contributed by atoms with E-state index in [0.29, 0.717) is 0 Å². The van der Waals surface area contributed by atoms with Crippen LogP contribution in [-0.2, 0) is 9.63 Å². The Morgan fingerprint density at radius 2 is 2.12 bits per heavy atom. The van der Waals surface area contributed by atoms with Gasteiger partial charge in [-0.1, -0.05) is 5.16 Å². The minimum atomic E-state index is -1.09. The predicted octanol–water partition coefficient (Wildman–Crippen LogP) is 2.69. The van der Waals surface area contributed by atoms with E-state index in [-0.39, 0.29) is 37.1 Å². The quantitative estimate of drug-likeness (QED) is 0.761. The van der Waals surface area contributed by atoms with Crippen LogP contribution in [-0.4, -0.2) is 53.5 Å². The van der Waals surface area contributed by atoms with Crippen LogP contribution in [0.1, 0.15) is 64.7 Å². The van der Waals surface area contributed by atoms with Crippen LogP contribution in [0.3, 0.4) is 0 Å². The lowest BCUT2D eigenvalue weighted by Crippen LogP contribution is -2.51. The van der Waals surface area contributed by atoms with Crippen LogP contribution >= 0.6 is 0 Å². The number of hydrogen-bond donors (Lipinski definition) is 1. The van der Waals surface area contributed by atoms with Gasteiger partial charge in [0.2, 0.25) is 5.91 Å². The van der Waals surface area contributed by atoms with Gasteiger partial charge < -0.3 is 15.1 Å². The summed E-state index contributed by atoms with van der Waals surface area (Å²) in [6.45, 7) is 2.30. The lowest BCUT2D eigenvalue weighted by Gasteiger charge is -2.37. The standard InChI is InChI=1S/C19H29FN4O2/c1-19(22-12-18(25)24-13-14(20)10-16(24)11-21)8-6-17(7-9-19)26-23-15-4-2-3-5-15/h14,16-17,22H,2-10,12-13H2,1H3/t14-,16-,17?,19?/m0/s1. The number of hydrogen-bond acceptors (Lipinski definition) is 5. The van der Waals surface area contributed by atoms with E-state index in [4.69, 9.17) is 10.1 Å². The van der Waals surface area contributed by atoms with Gasteiger partial charge in [0.15, 0.2) is 0 Å². The van der Waals surface area contributed by atoms with E-state index in [1.807, 2.05) is 6.07 Å². The topological polar surface area (TPSA) is 77.7 Å². The summed E-state index contributed by atoms with van der Waals surface area (Å²) < 4.78 is 13.5. The van der Waals surface area contributed by atoms with Gasteiger partial charge in [0, 0.05) is 12.0 Å². The van der Waals surface area contributed by atoms with Crippen LogP contribution in [0, 0.1) is 11.3 Å². The highest BCUT2D eigenvalue weighted by Gasteiger charge is 2.37. The van der Waals surface area contributed by atoms with Gasteiger partial charge in [0.1, 0.15) is 18.3 Å². The normalized spacial score (nSPS) is 34.6. The van der Waals surface area contributed by atoms with Crippen molar-refractivity contribution in [1.82, 2.24) is 10.2 Å². The van der Waals surface area contributed by atoms with E-state index < -0.39 is 12.2 Å². The summed E-state index contributed by atoms with van der Waals surface area (Å²) in [6, 6.07) is 1.39. The van der Waals surface area contributed by atoms with Crippen LogP contribution in [0.5, 0.6) is 0 Å². The Kier molecular flexibility index (Phi) is 6.13. The summed E-state index contributed by atoms with van der Waals surface area (Å²) in [5.41, 5.74) is 1.05. The number of halogens is 1. The number of nitriles is 1. The molecule has 0 unspecified atom stereocenters. The van der Waals surface area contributed by atoms with Crippen LogP contribution in [0.25, 0.3) is 0 Å². The molecule has 3 rings (SSSR count). The first-order valence-electron chi connectivity index (χ1n) is 9.79. The Morgan fingerprint density at radius 3 is 2.77 bits per heavy atom. The number of rotatable bonds is 5. The van der Waals surface area contributed by atoms with Crippen LogP contribution in [0.2, 0.25) is 0 Å². The van der Waals surface area contributed by atoms with Crippen LogP contribution < -0.4 is 5.32 Å². The average Bonchev–Trinajstić information content (AvgIpc) is 3.28. The van der Waals surface area contributed by atoms with E-state index in [1.54, 1.807) is 0 Å². The highest BCUT2D eigenvalue weighted by molar-refractivity contribution is 5.85. The third-order valence-electron chi connectivity index (χ3n) is 5.93. The number of alkyl halides is 1. The SMILES string of the molecule is CC1(NCC(=O)N2C[C@@H](F)C[C@H]2C#N)CCC(ON=C2CCCC2)CC1. The zero-order valence-electron chi connectivity index (χ0n) is 15.5. The average molecular weight is 364 g/mol. The highest BCUT2D eigenvalue weighted by Crippen LogP contribution is 2.30. The molecule has 1 heterocycles. The fourth-order valence-corrected chi connectivity index (χ4v) is 4.11. The molecule has 0 radical (unpaired) electrons. The van der Waals surface area contributed by atoms with Crippen molar-refractivity contribution in [2.24, 2.45) is 5.16 Å². The van der Waals surface area contributed by atoms with E-state index in [9.17, 15) is 9.18 Å². The number of carbonyl (C=O) groups excluding carboxylic acids is 1. The second-order valence-corrected chi connectivity index (χ2v) is 8.11. The molecule has 2 atom stereocenters. The second kappa shape index (κ2) is 8.34. The van der Waals surface area contributed by atoms with Crippen molar-refractivity contribution in [1.29, 1.82) is 5.26 Å². The highest BCUT2D eigenvalue weighted by atomic mass is 19.1. The first-order valence-corrected chi connectivity index (χ1v) is 9.79. The molecule has 2 aliphatic carbocycles. The van der Waals surface area contributed by atoms with Crippen molar-refractivity contribution in [3.05, 3.63) is 0 Å². The fraction of sp³-hybridized carbons (Fsp3) is 0.842. The Balaban J connectivity index is 1.42.